The van der Waals surface area contributed by atoms with Gasteiger partial charge in [-0.15, -0.1) is 0 Å². The third-order valence-electron chi connectivity index (χ3n) is 4.07. The molecule has 0 aliphatic heterocycles. The molecule has 0 radical (unpaired) electrons. The van der Waals surface area contributed by atoms with E-state index in [-0.39, 0.29) is 5.41 Å². The molecule has 0 heterocycles. The molecule has 94 valence electrons. The molecule has 1 fully saturated rings. The molecular formula is C14H21NO2. The standard InChI is InChI=1S/C14H21NO2/c1-14(2)10(8-15)12(14)9-6-5-7-11(16-3)13(9)17-4/h5-7,10,12H,8,15H2,1-4H3/t10-,12-/m1/s1. The lowest BCUT2D eigenvalue weighted by Gasteiger charge is -2.13. The predicted molar refractivity (Wildman–Crippen MR) is 68.6 cm³/mol. The van der Waals surface area contributed by atoms with Gasteiger partial charge in [-0.05, 0) is 29.9 Å². The molecule has 1 aliphatic rings. The molecule has 0 amide bonds. The molecule has 0 aromatic heterocycles. The van der Waals surface area contributed by atoms with Crippen LogP contribution in [0.5, 0.6) is 11.5 Å². The number of para-hydroxylation sites is 1. The molecule has 1 aliphatic carbocycles. The number of benzene rings is 1. The topological polar surface area (TPSA) is 44.5 Å². The molecule has 1 aromatic rings. The number of rotatable bonds is 4. The smallest absolute Gasteiger partial charge is 0.164 e. The molecule has 2 N–H and O–H groups in total. The molecule has 0 saturated heterocycles. The average molecular weight is 235 g/mol. The molecule has 0 bridgehead atoms. The summed E-state index contributed by atoms with van der Waals surface area (Å²) in [5, 5.41) is 0. The lowest BCUT2D eigenvalue weighted by molar-refractivity contribution is 0.350. The van der Waals surface area contributed by atoms with Gasteiger partial charge in [0.05, 0.1) is 14.2 Å². The van der Waals surface area contributed by atoms with E-state index in [0.717, 1.165) is 18.0 Å². The van der Waals surface area contributed by atoms with Crippen LogP contribution in [0.1, 0.15) is 25.3 Å². The van der Waals surface area contributed by atoms with Crippen molar-refractivity contribution >= 4 is 0 Å². The highest BCUT2D eigenvalue weighted by molar-refractivity contribution is 5.51. The van der Waals surface area contributed by atoms with Gasteiger partial charge in [0.15, 0.2) is 11.5 Å². The highest BCUT2D eigenvalue weighted by atomic mass is 16.5. The SMILES string of the molecule is COc1cccc([C@@H]2[C@@H](CN)C2(C)C)c1OC. The van der Waals surface area contributed by atoms with Crippen LogP contribution in [0.3, 0.4) is 0 Å². The summed E-state index contributed by atoms with van der Waals surface area (Å²) >= 11 is 0. The third kappa shape index (κ3) is 1.78. The molecule has 0 spiro atoms. The number of methoxy groups -OCH3 is 2. The van der Waals surface area contributed by atoms with Gasteiger partial charge in [0, 0.05) is 5.56 Å². The first-order valence-corrected chi connectivity index (χ1v) is 5.98. The van der Waals surface area contributed by atoms with E-state index in [1.807, 2.05) is 12.1 Å². The maximum absolute atomic E-state index is 5.83. The summed E-state index contributed by atoms with van der Waals surface area (Å²) in [5.41, 5.74) is 7.30. The van der Waals surface area contributed by atoms with Gasteiger partial charge in [-0.25, -0.2) is 0 Å². The Morgan fingerprint density at radius 2 is 1.94 bits per heavy atom. The summed E-state index contributed by atoms with van der Waals surface area (Å²) in [5.74, 6) is 2.65. The van der Waals surface area contributed by atoms with Gasteiger partial charge in [0.25, 0.3) is 0 Å². The minimum absolute atomic E-state index is 0.258. The van der Waals surface area contributed by atoms with E-state index in [1.54, 1.807) is 14.2 Å². The fourth-order valence-electron chi connectivity index (χ4n) is 2.96. The number of nitrogens with two attached hydrogens (primary N) is 1. The fourth-order valence-corrected chi connectivity index (χ4v) is 2.96. The van der Waals surface area contributed by atoms with Crippen LogP contribution in [0.15, 0.2) is 18.2 Å². The van der Waals surface area contributed by atoms with Crippen LogP contribution < -0.4 is 15.2 Å². The summed E-state index contributed by atoms with van der Waals surface area (Å²) in [6, 6.07) is 6.05. The molecule has 2 rings (SSSR count). The zero-order valence-electron chi connectivity index (χ0n) is 11.0. The molecule has 1 aromatic carbocycles. The van der Waals surface area contributed by atoms with Gasteiger partial charge in [-0.3, -0.25) is 0 Å². The van der Waals surface area contributed by atoms with Crippen LogP contribution in [0.2, 0.25) is 0 Å². The highest BCUT2D eigenvalue weighted by Crippen LogP contribution is 2.65. The predicted octanol–water partition coefficient (Wildman–Crippen LogP) is 2.40. The van der Waals surface area contributed by atoms with Gasteiger partial charge in [0.2, 0.25) is 0 Å². The maximum atomic E-state index is 5.83. The zero-order valence-corrected chi connectivity index (χ0v) is 11.0. The van der Waals surface area contributed by atoms with Crippen molar-refractivity contribution in [2.75, 3.05) is 20.8 Å². The van der Waals surface area contributed by atoms with Crippen LogP contribution in [0, 0.1) is 11.3 Å². The normalized spacial score (nSPS) is 25.5. The van der Waals surface area contributed by atoms with E-state index in [9.17, 15) is 0 Å². The lowest BCUT2D eigenvalue weighted by Crippen LogP contribution is -2.05. The number of ether oxygens (including phenoxy) is 2. The number of hydrogen-bond acceptors (Lipinski definition) is 3. The minimum atomic E-state index is 0.258. The van der Waals surface area contributed by atoms with Crippen LogP contribution in [-0.2, 0) is 0 Å². The Labute approximate surface area is 103 Å². The third-order valence-corrected chi connectivity index (χ3v) is 4.07. The second kappa shape index (κ2) is 4.22. The minimum Gasteiger partial charge on any atom is -0.493 e. The Balaban J connectivity index is 2.40. The maximum Gasteiger partial charge on any atom is 0.164 e. The first-order chi connectivity index (χ1) is 8.07. The Morgan fingerprint density at radius 1 is 1.24 bits per heavy atom. The summed E-state index contributed by atoms with van der Waals surface area (Å²) in [6.07, 6.45) is 0. The van der Waals surface area contributed by atoms with Crippen molar-refractivity contribution in [2.45, 2.75) is 19.8 Å². The molecule has 17 heavy (non-hydrogen) atoms. The molecule has 3 nitrogen and oxygen atoms in total. The molecular weight excluding hydrogens is 214 g/mol. The number of hydrogen-bond donors (Lipinski definition) is 1. The van der Waals surface area contributed by atoms with Crippen LogP contribution in [0.25, 0.3) is 0 Å². The van der Waals surface area contributed by atoms with E-state index in [4.69, 9.17) is 15.2 Å². The van der Waals surface area contributed by atoms with Gasteiger partial charge in [-0.1, -0.05) is 26.0 Å². The fraction of sp³-hybridized carbons (Fsp3) is 0.571. The quantitative estimate of drug-likeness (QED) is 0.871. The Bertz CT molecular complexity index is 415. The first kappa shape index (κ1) is 12.2. The molecule has 2 atom stereocenters. The van der Waals surface area contributed by atoms with Crippen LogP contribution in [0.4, 0.5) is 0 Å². The van der Waals surface area contributed by atoms with E-state index < -0.39 is 0 Å². The van der Waals surface area contributed by atoms with Gasteiger partial charge >= 0.3 is 0 Å². The van der Waals surface area contributed by atoms with E-state index in [2.05, 4.69) is 19.9 Å². The Morgan fingerprint density at radius 3 is 2.41 bits per heavy atom. The first-order valence-electron chi connectivity index (χ1n) is 5.98. The van der Waals surface area contributed by atoms with Crippen molar-refractivity contribution < 1.29 is 9.47 Å². The van der Waals surface area contributed by atoms with Gasteiger partial charge in [-0.2, -0.15) is 0 Å². The summed E-state index contributed by atoms with van der Waals surface area (Å²) in [4.78, 5) is 0. The van der Waals surface area contributed by atoms with Crippen molar-refractivity contribution in [1.29, 1.82) is 0 Å². The summed E-state index contributed by atoms with van der Waals surface area (Å²) < 4.78 is 10.8. The van der Waals surface area contributed by atoms with Crippen molar-refractivity contribution in [3.05, 3.63) is 23.8 Å². The second-order valence-electron chi connectivity index (χ2n) is 5.22. The van der Waals surface area contributed by atoms with E-state index >= 15 is 0 Å². The monoisotopic (exact) mass is 235 g/mol. The summed E-state index contributed by atoms with van der Waals surface area (Å²) in [6.45, 7) is 5.24. The zero-order chi connectivity index (χ0) is 12.6. The van der Waals surface area contributed by atoms with Crippen molar-refractivity contribution in [3.8, 4) is 11.5 Å². The second-order valence-corrected chi connectivity index (χ2v) is 5.22. The largest absolute Gasteiger partial charge is 0.493 e. The van der Waals surface area contributed by atoms with Crippen molar-refractivity contribution in [1.82, 2.24) is 0 Å². The average Bonchev–Trinajstić information content (AvgIpc) is 2.89. The molecule has 1 saturated carbocycles. The van der Waals surface area contributed by atoms with Gasteiger partial charge in [0.1, 0.15) is 0 Å². The Hall–Kier alpha value is -1.22. The van der Waals surface area contributed by atoms with E-state index in [1.165, 1.54) is 5.56 Å². The summed E-state index contributed by atoms with van der Waals surface area (Å²) in [7, 11) is 3.36. The van der Waals surface area contributed by atoms with Crippen LogP contribution in [-0.4, -0.2) is 20.8 Å². The molecule has 0 unspecified atom stereocenters. The van der Waals surface area contributed by atoms with Gasteiger partial charge < -0.3 is 15.2 Å². The van der Waals surface area contributed by atoms with Crippen molar-refractivity contribution in [2.24, 2.45) is 17.1 Å². The highest BCUT2D eigenvalue weighted by Gasteiger charge is 2.58. The van der Waals surface area contributed by atoms with Crippen LogP contribution >= 0.6 is 0 Å². The lowest BCUT2D eigenvalue weighted by atomic mass is 10.0. The molecule has 3 heteroatoms. The Kier molecular flexibility index (Phi) is 3.04. The van der Waals surface area contributed by atoms with E-state index in [0.29, 0.717) is 11.8 Å². The van der Waals surface area contributed by atoms with Crippen molar-refractivity contribution in [3.63, 3.8) is 0 Å².